The fourth-order valence-electron chi connectivity index (χ4n) is 4.99. The van der Waals surface area contributed by atoms with E-state index >= 15 is 0 Å². The summed E-state index contributed by atoms with van der Waals surface area (Å²) in [5.41, 5.74) is 4.05. The minimum Gasteiger partial charge on any atom is -0.493 e. The highest BCUT2D eigenvalue weighted by molar-refractivity contribution is 5.64. The molecule has 1 fully saturated rings. The monoisotopic (exact) mass is 434 g/mol. The molecule has 3 rings (SSSR count). The van der Waals surface area contributed by atoms with Gasteiger partial charge < -0.3 is 4.74 Å². The molecule has 0 N–H and O–H groups in total. The molecule has 0 aliphatic heterocycles. The zero-order chi connectivity index (χ0) is 22.3. The minimum absolute atomic E-state index is 0.756. The van der Waals surface area contributed by atoms with E-state index in [9.17, 15) is 0 Å². The zero-order valence-electron chi connectivity index (χ0n) is 20.6. The predicted octanol–water partition coefficient (Wildman–Crippen LogP) is 9.78. The smallest absolute Gasteiger partial charge is 0.119 e. The molecule has 0 amide bonds. The molecule has 0 bridgehead atoms. The van der Waals surface area contributed by atoms with Crippen LogP contribution in [0.5, 0.6) is 5.75 Å². The van der Waals surface area contributed by atoms with Crippen molar-refractivity contribution < 1.29 is 4.74 Å². The summed E-state index contributed by atoms with van der Waals surface area (Å²) in [5.74, 6) is 1.77. The van der Waals surface area contributed by atoms with Gasteiger partial charge in [-0.3, -0.25) is 0 Å². The van der Waals surface area contributed by atoms with Crippen molar-refractivity contribution in [3.63, 3.8) is 0 Å². The maximum absolute atomic E-state index is 6.06. The Morgan fingerprint density at radius 2 is 1.16 bits per heavy atom. The van der Waals surface area contributed by atoms with Gasteiger partial charge in [0.1, 0.15) is 5.75 Å². The van der Waals surface area contributed by atoms with Gasteiger partial charge in [0.2, 0.25) is 0 Å². The number of unbranched alkanes of at least 4 members (excludes halogenated alkanes) is 9. The van der Waals surface area contributed by atoms with Crippen LogP contribution in [0.3, 0.4) is 0 Å². The summed E-state index contributed by atoms with van der Waals surface area (Å²) in [5, 5.41) is 0. The summed E-state index contributed by atoms with van der Waals surface area (Å²) >= 11 is 0. The summed E-state index contributed by atoms with van der Waals surface area (Å²) in [6, 6.07) is 17.9. The van der Waals surface area contributed by atoms with Crippen molar-refractivity contribution in [2.75, 3.05) is 6.61 Å². The van der Waals surface area contributed by atoms with E-state index < -0.39 is 0 Å². The lowest BCUT2D eigenvalue weighted by atomic mass is 9.90. The average Bonchev–Trinajstić information content (AvgIpc) is 2.85. The second kappa shape index (κ2) is 15.1. The molecular weight excluding hydrogens is 388 g/mol. The summed E-state index contributed by atoms with van der Waals surface area (Å²) in [4.78, 5) is 0. The molecule has 176 valence electrons. The van der Waals surface area contributed by atoms with Crippen molar-refractivity contribution in [2.45, 2.75) is 110 Å². The normalized spacial score (nSPS) is 14.5. The second-order valence-electron chi connectivity index (χ2n) is 9.97. The third-order valence-electron chi connectivity index (χ3n) is 7.17. The Kier molecular flexibility index (Phi) is 11.8. The molecule has 0 aromatic heterocycles. The Balaban J connectivity index is 1.30. The zero-order valence-corrected chi connectivity index (χ0v) is 20.6. The van der Waals surface area contributed by atoms with Crippen LogP contribution in [-0.2, 0) is 6.42 Å². The van der Waals surface area contributed by atoms with Crippen LogP contribution in [0.25, 0.3) is 11.1 Å². The van der Waals surface area contributed by atoms with E-state index in [4.69, 9.17) is 4.74 Å². The molecule has 0 saturated heterocycles. The number of aryl methyl sites for hydroxylation is 1. The van der Waals surface area contributed by atoms with Gasteiger partial charge >= 0.3 is 0 Å². The van der Waals surface area contributed by atoms with Gasteiger partial charge in [-0.1, -0.05) is 120 Å². The van der Waals surface area contributed by atoms with E-state index in [0.29, 0.717) is 0 Å². The van der Waals surface area contributed by atoms with Gasteiger partial charge in [0.15, 0.2) is 0 Å². The highest BCUT2D eigenvalue weighted by Gasteiger charge is 2.13. The van der Waals surface area contributed by atoms with Crippen molar-refractivity contribution in [3.05, 3.63) is 54.1 Å². The van der Waals surface area contributed by atoms with Gasteiger partial charge in [0.05, 0.1) is 6.61 Å². The highest BCUT2D eigenvalue weighted by atomic mass is 16.5. The van der Waals surface area contributed by atoms with Crippen LogP contribution >= 0.6 is 0 Å². The van der Waals surface area contributed by atoms with Gasteiger partial charge in [-0.15, -0.1) is 0 Å². The Morgan fingerprint density at radius 1 is 0.625 bits per heavy atom. The number of rotatable bonds is 15. The molecule has 0 heterocycles. The maximum Gasteiger partial charge on any atom is 0.119 e. The number of benzene rings is 2. The highest BCUT2D eigenvalue weighted by Crippen LogP contribution is 2.26. The number of ether oxygens (including phenoxy) is 1. The van der Waals surface area contributed by atoms with Crippen molar-refractivity contribution in [3.8, 4) is 16.9 Å². The average molecular weight is 435 g/mol. The summed E-state index contributed by atoms with van der Waals surface area (Å²) in [7, 11) is 0. The lowest BCUT2D eigenvalue weighted by molar-refractivity contribution is 0.209. The van der Waals surface area contributed by atoms with Gasteiger partial charge in [-0.05, 0) is 60.4 Å². The molecule has 2 aromatic carbocycles. The third-order valence-corrected chi connectivity index (χ3v) is 7.17. The van der Waals surface area contributed by atoms with Crippen molar-refractivity contribution in [1.29, 1.82) is 0 Å². The first-order valence-electron chi connectivity index (χ1n) is 13.7. The van der Waals surface area contributed by atoms with E-state index in [1.54, 1.807) is 0 Å². The Bertz CT molecular complexity index is 709. The molecule has 2 aromatic rings. The first kappa shape index (κ1) is 24.9. The predicted molar refractivity (Wildman–Crippen MR) is 139 cm³/mol. The lowest BCUT2D eigenvalue weighted by Gasteiger charge is -2.21. The molecular formula is C31H46O. The molecule has 1 aliphatic rings. The molecule has 1 nitrogen and oxygen atoms in total. The number of hydrogen-bond donors (Lipinski definition) is 0. The largest absolute Gasteiger partial charge is 0.493 e. The van der Waals surface area contributed by atoms with Crippen LogP contribution in [0.4, 0.5) is 0 Å². The summed E-state index contributed by atoms with van der Waals surface area (Å²) in [6.07, 6.45) is 22.1. The Hall–Kier alpha value is -1.76. The van der Waals surface area contributed by atoms with E-state index in [-0.39, 0.29) is 0 Å². The molecule has 0 spiro atoms. The van der Waals surface area contributed by atoms with E-state index in [1.165, 1.54) is 119 Å². The summed E-state index contributed by atoms with van der Waals surface area (Å²) in [6.45, 7) is 3.17. The number of hydrogen-bond acceptors (Lipinski definition) is 1. The van der Waals surface area contributed by atoms with Crippen molar-refractivity contribution in [2.24, 2.45) is 5.92 Å². The topological polar surface area (TPSA) is 9.23 Å². The molecule has 0 radical (unpaired) electrons. The maximum atomic E-state index is 6.06. The van der Waals surface area contributed by atoms with Crippen molar-refractivity contribution in [1.82, 2.24) is 0 Å². The van der Waals surface area contributed by atoms with E-state index in [1.807, 2.05) is 0 Å². The van der Waals surface area contributed by atoms with Gasteiger partial charge in [0.25, 0.3) is 0 Å². The van der Waals surface area contributed by atoms with E-state index in [2.05, 4.69) is 55.5 Å². The second-order valence-corrected chi connectivity index (χ2v) is 9.97. The van der Waals surface area contributed by atoms with Gasteiger partial charge in [-0.25, -0.2) is 0 Å². The van der Waals surface area contributed by atoms with Gasteiger partial charge in [0, 0.05) is 0 Å². The van der Waals surface area contributed by atoms with Crippen LogP contribution in [0, 0.1) is 5.92 Å². The summed E-state index contributed by atoms with van der Waals surface area (Å²) < 4.78 is 6.06. The Morgan fingerprint density at radius 3 is 1.75 bits per heavy atom. The molecule has 1 saturated carbocycles. The fourth-order valence-corrected chi connectivity index (χ4v) is 4.99. The standard InChI is InChI=1S/C31H46O/c1-2-3-4-5-6-7-8-9-10-12-15-27-18-20-29(21-19-27)30-22-24-31(25-23-30)32-26-28-16-13-11-14-17-28/h18-25,28H,2-17,26H2,1H3. The lowest BCUT2D eigenvalue weighted by Crippen LogP contribution is -2.15. The molecule has 0 atom stereocenters. The fraction of sp³-hybridized carbons (Fsp3) is 0.613. The van der Waals surface area contributed by atoms with Crippen LogP contribution in [0.2, 0.25) is 0 Å². The van der Waals surface area contributed by atoms with Gasteiger partial charge in [-0.2, -0.15) is 0 Å². The first-order chi connectivity index (χ1) is 15.8. The Labute approximate surface area is 198 Å². The molecule has 1 heteroatoms. The molecule has 0 unspecified atom stereocenters. The molecule has 1 aliphatic carbocycles. The minimum atomic E-state index is 0.756. The van der Waals surface area contributed by atoms with Crippen molar-refractivity contribution >= 4 is 0 Å². The van der Waals surface area contributed by atoms with Crippen LogP contribution in [-0.4, -0.2) is 6.61 Å². The van der Waals surface area contributed by atoms with Crippen LogP contribution in [0.1, 0.15) is 109 Å². The van der Waals surface area contributed by atoms with E-state index in [0.717, 1.165) is 18.3 Å². The quantitative estimate of drug-likeness (QED) is 0.253. The third kappa shape index (κ3) is 9.39. The SMILES string of the molecule is CCCCCCCCCCCCc1ccc(-c2ccc(OCC3CCCCC3)cc2)cc1. The van der Waals surface area contributed by atoms with Crippen LogP contribution < -0.4 is 4.74 Å². The van der Waals surface area contributed by atoms with Crippen LogP contribution in [0.15, 0.2) is 48.5 Å². The first-order valence-corrected chi connectivity index (χ1v) is 13.7. The molecule has 32 heavy (non-hydrogen) atoms.